The number of rotatable bonds is 5. The van der Waals surface area contributed by atoms with E-state index in [4.69, 9.17) is 9.47 Å². The second kappa shape index (κ2) is 6.81. The van der Waals surface area contributed by atoms with Gasteiger partial charge in [0, 0.05) is 13.2 Å². The Morgan fingerprint density at radius 1 is 1.60 bits per heavy atom. The summed E-state index contributed by atoms with van der Waals surface area (Å²) >= 11 is 0. The van der Waals surface area contributed by atoms with E-state index in [1.54, 1.807) is 19.1 Å². The van der Waals surface area contributed by atoms with Gasteiger partial charge in [-0.15, -0.1) is 0 Å². The molecule has 1 aromatic rings. The molecule has 0 spiro atoms. The van der Waals surface area contributed by atoms with Gasteiger partial charge in [-0.1, -0.05) is 12.1 Å². The summed E-state index contributed by atoms with van der Waals surface area (Å²) in [5.74, 6) is -0.749. The zero-order valence-corrected chi connectivity index (χ0v) is 11.8. The van der Waals surface area contributed by atoms with Crippen LogP contribution in [0.25, 0.3) is 0 Å². The van der Waals surface area contributed by atoms with Crippen LogP contribution in [0.2, 0.25) is 0 Å². The number of methoxy groups -OCH3 is 1. The van der Waals surface area contributed by atoms with Crippen LogP contribution in [0.3, 0.4) is 0 Å². The van der Waals surface area contributed by atoms with Crippen LogP contribution in [0.5, 0.6) is 0 Å². The maximum absolute atomic E-state index is 13.6. The molecule has 110 valence electrons. The molecule has 5 heteroatoms. The second-order valence-electron chi connectivity index (χ2n) is 5.01. The third kappa shape index (κ3) is 3.55. The smallest absolute Gasteiger partial charge is 0.327 e. The number of carbonyl (C=O) groups is 1. The average molecular weight is 281 g/mol. The van der Waals surface area contributed by atoms with E-state index in [1.807, 2.05) is 0 Å². The second-order valence-corrected chi connectivity index (χ2v) is 5.01. The molecule has 2 rings (SSSR count). The van der Waals surface area contributed by atoms with E-state index in [-0.39, 0.29) is 11.9 Å². The lowest BCUT2D eigenvalue weighted by molar-refractivity contribution is -0.143. The highest BCUT2D eigenvalue weighted by Gasteiger charge is 2.24. The van der Waals surface area contributed by atoms with E-state index in [0.717, 1.165) is 19.4 Å². The van der Waals surface area contributed by atoms with Crippen molar-refractivity contribution in [3.05, 3.63) is 35.1 Å². The minimum atomic E-state index is -0.667. The van der Waals surface area contributed by atoms with Gasteiger partial charge in [-0.05, 0) is 37.0 Å². The Hall–Kier alpha value is -1.46. The topological polar surface area (TPSA) is 47.6 Å². The number of benzene rings is 1. The number of hydrogen-bond acceptors (Lipinski definition) is 4. The Morgan fingerprint density at radius 3 is 3.00 bits per heavy atom. The van der Waals surface area contributed by atoms with Crippen LogP contribution in [-0.4, -0.2) is 32.3 Å². The zero-order chi connectivity index (χ0) is 14.5. The normalized spacial score (nSPS) is 19.9. The van der Waals surface area contributed by atoms with Gasteiger partial charge in [0.15, 0.2) is 0 Å². The molecule has 0 aliphatic carbocycles. The molecule has 0 aromatic heterocycles. The van der Waals surface area contributed by atoms with Crippen molar-refractivity contribution < 1.29 is 18.7 Å². The van der Waals surface area contributed by atoms with Crippen molar-refractivity contribution in [2.24, 2.45) is 0 Å². The number of nitrogens with one attached hydrogen (secondary N) is 1. The van der Waals surface area contributed by atoms with E-state index >= 15 is 0 Å². The summed E-state index contributed by atoms with van der Waals surface area (Å²) in [5.41, 5.74) is 1.12. The van der Waals surface area contributed by atoms with Crippen molar-refractivity contribution in [1.82, 2.24) is 5.32 Å². The first kappa shape index (κ1) is 14.9. The van der Waals surface area contributed by atoms with Crippen molar-refractivity contribution in [2.75, 3.05) is 20.3 Å². The molecule has 2 unspecified atom stereocenters. The number of aryl methyl sites for hydroxylation is 1. The highest BCUT2D eigenvalue weighted by Crippen LogP contribution is 2.19. The van der Waals surface area contributed by atoms with Crippen molar-refractivity contribution in [1.29, 1.82) is 0 Å². The first-order chi connectivity index (χ1) is 9.61. The number of ether oxygens (including phenoxy) is 2. The van der Waals surface area contributed by atoms with Crippen LogP contribution in [0.15, 0.2) is 18.2 Å². The molecule has 1 fully saturated rings. The summed E-state index contributed by atoms with van der Waals surface area (Å²) < 4.78 is 23.9. The first-order valence-corrected chi connectivity index (χ1v) is 6.80. The number of esters is 1. The highest BCUT2D eigenvalue weighted by molar-refractivity contribution is 5.77. The summed E-state index contributed by atoms with van der Waals surface area (Å²) in [6.07, 6.45) is 2.12. The molecule has 2 atom stereocenters. The molecule has 20 heavy (non-hydrogen) atoms. The molecular formula is C15H20FNO3. The maximum atomic E-state index is 13.6. The number of halogens is 1. The van der Waals surface area contributed by atoms with Gasteiger partial charge in [0.05, 0.1) is 13.2 Å². The fourth-order valence-electron chi connectivity index (χ4n) is 2.30. The Morgan fingerprint density at radius 2 is 2.40 bits per heavy atom. The van der Waals surface area contributed by atoms with Crippen LogP contribution < -0.4 is 5.32 Å². The quantitative estimate of drug-likeness (QED) is 0.840. The van der Waals surface area contributed by atoms with Gasteiger partial charge in [-0.2, -0.15) is 0 Å². The van der Waals surface area contributed by atoms with Crippen LogP contribution in [0.1, 0.15) is 30.0 Å². The number of hydrogen-bond donors (Lipinski definition) is 1. The van der Waals surface area contributed by atoms with Gasteiger partial charge in [0.25, 0.3) is 0 Å². The molecule has 4 nitrogen and oxygen atoms in total. The predicted molar refractivity (Wildman–Crippen MR) is 72.9 cm³/mol. The Labute approximate surface area is 118 Å². The first-order valence-electron chi connectivity index (χ1n) is 6.80. The van der Waals surface area contributed by atoms with Gasteiger partial charge >= 0.3 is 5.97 Å². The predicted octanol–water partition coefficient (Wildman–Crippen LogP) is 2.12. The van der Waals surface area contributed by atoms with E-state index in [2.05, 4.69) is 5.32 Å². The molecular weight excluding hydrogens is 261 g/mol. The molecule has 1 N–H and O–H groups in total. The van der Waals surface area contributed by atoms with Crippen LogP contribution in [-0.2, 0) is 14.3 Å². The summed E-state index contributed by atoms with van der Waals surface area (Å²) in [6, 6.07) is 4.11. The summed E-state index contributed by atoms with van der Waals surface area (Å²) in [5, 5.41) is 3.11. The Balaban J connectivity index is 2.09. The van der Waals surface area contributed by atoms with Crippen molar-refractivity contribution in [2.45, 2.75) is 31.9 Å². The molecule has 0 amide bonds. The van der Waals surface area contributed by atoms with E-state index in [9.17, 15) is 9.18 Å². The van der Waals surface area contributed by atoms with Crippen molar-refractivity contribution in [3.8, 4) is 0 Å². The van der Waals surface area contributed by atoms with Gasteiger partial charge in [0.2, 0.25) is 0 Å². The summed E-state index contributed by atoms with van der Waals surface area (Å²) in [6.45, 7) is 3.00. The van der Waals surface area contributed by atoms with Crippen LogP contribution >= 0.6 is 0 Å². The fraction of sp³-hybridized carbons (Fsp3) is 0.533. The minimum absolute atomic E-state index is 0.109. The molecule has 0 saturated carbocycles. The third-order valence-electron chi connectivity index (χ3n) is 3.54. The van der Waals surface area contributed by atoms with E-state index in [1.165, 1.54) is 13.2 Å². The van der Waals surface area contributed by atoms with Gasteiger partial charge in [0.1, 0.15) is 11.9 Å². The monoisotopic (exact) mass is 281 g/mol. The van der Waals surface area contributed by atoms with Crippen LogP contribution in [0, 0.1) is 12.7 Å². The van der Waals surface area contributed by atoms with Crippen LogP contribution in [0.4, 0.5) is 4.39 Å². The standard InChI is InChI=1S/C15H20FNO3/c1-10-5-6-11(8-13(10)16)14(15(18)19-2)17-9-12-4-3-7-20-12/h5-6,8,12,14,17H,3-4,7,9H2,1-2H3. The van der Waals surface area contributed by atoms with Gasteiger partial charge < -0.3 is 9.47 Å². The highest BCUT2D eigenvalue weighted by atomic mass is 19.1. The molecule has 1 saturated heterocycles. The van der Waals surface area contributed by atoms with Gasteiger partial charge in [-0.25, -0.2) is 9.18 Å². The van der Waals surface area contributed by atoms with Gasteiger partial charge in [-0.3, -0.25) is 5.32 Å². The fourth-order valence-corrected chi connectivity index (χ4v) is 2.30. The molecule has 1 aromatic carbocycles. The summed E-state index contributed by atoms with van der Waals surface area (Å²) in [4.78, 5) is 11.9. The third-order valence-corrected chi connectivity index (χ3v) is 3.54. The maximum Gasteiger partial charge on any atom is 0.327 e. The SMILES string of the molecule is COC(=O)C(NCC1CCCO1)c1ccc(C)c(F)c1. The summed E-state index contributed by atoms with van der Waals surface area (Å²) in [7, 11) is 1.33. The van der Waals surface area contributed by atoms with Crippen molar-refractivity contribution in [3.63, 3.8) is 0 Å². The lowest BCUT2D eigenvalue weighted by Crippen LogP contribution is -2.35. The number of carbonyl (C=O) groups excluding carboxylic acids is 1. The molecule has 1 aliphatic heterocycles. The lowest BCUT2D eigenvalue weighted by atomic mass is 10.0. The Kier molecular flexibility index (Phi) is 5.09. The molecule has 0 bridgehead atoms. The largest absolute Gasteiger partial charge is 0.468 e. The minimum Gasteiger partial charge on any atom is -0.468 e. The average Bonchev–Trinajstić information content (AvgIpc) is 2.95. The zero-order valence-electron chi connectivity index (χ0n) is 11.8. The Bertz CT molecular complexity index is 472. The molecule has 1 heterocycles. The van der Waals surface area contributed by atoms with E-state index < -0.39 is 12.0 Å². The molecule has 1 aliphatic rings. The van der Waals surface area contributed by atoms with Crippen molar-refractivity contribution >= 4 is 5.97 Å². The lowest BCUT2D eigenvalue weighted by Gasteiger charge is -2.19. The van der Waals surface area contributed by atoms with E-state index in [0.29, 0.717) is 17.7 Å². The molecule has 0 radical (unpaired) electrons.